The van der Waals surface area contributed by atoms with Crippen LogP contribution in [-0.4, -0.2) is 60.6 Å². The summed E-state index contributed by atoms with van der Waals surface area (Å²) in [5.74, 6) is 0.689. The first kappa shape index (κ1) is 15.9. The van der Waals surface area contributed by atoms with E-state index in [1.165, 1.54) is 31.1 Å². The second-order valence-electron chi connectivity index (χ2n) is 6.13. The number of nitrogens with one attached hydrogen (secondary N) is 1. The maximum Gasteiger partial charge on any atom is 0.0897 e. The molecule has 1 aromatic heterocycles. The Morgan fingerprint density at radius 3 is 2.55 bits per heavy atom. The minimum atomic E-state index is 0.637. The molecule has 0 radical (unpaired) electrons. The number of hydrogen-bond donors (Lipinski definition) is 1. The second-order valence-corrected chi connectivity index (χ2v) is 7.45. The highest BCUT2D eigenvalue weighted by molar-refractivity contribution is 7.11. The molecule has 1 aliphatic heterocycles. The van der Waals surface area contributed by atoms with Crippen LogP contribution in [0.5, 0.6) is 0 Å². The van der Waals surface area contributed by atoms with Gasteiger partial charge in [0.05, 0.1) is 5.01 Å². The van der Waals surface area contributed by atoms with Crippen LogP contribution in [0, 0.1) is 12.8 Å². The lowest BCUT2D eigenvalue weighted by molar-refractivity contribution is 0.0875. The van der Waals surface area contributed by atoms with Gasteiger partial charge in [0.15, 0.2) is 0 Å². The fourth-order valence-corrected chi connectivity index (χ4v) is 3.53. The fraction of sp³-hybridized carbons (Fsp3) is 0.800. The second kappa shape index (κ2) is 7.50. The Bertz CT molecular complexity index is 396. The Balaban J connectivity index is 1.80. The van der Waals surface area contributed by atoms with Crippen LogP contribution in [0.2, 0.25) is 0 Å². The molecule has 0 amide bonds. The number of likely N-dealkylation sites (N-methyl/N-ethyl adjacent to an activating group) is 1. The van der Waals surface area contributed by atoms with Gasteiger partial charge in [0.25, 0.3) is 0 Å². The molecule has 1 aromatic rings. The van der Waals surface area contributed by atoms with E-state index in [4.69, 9.17) is 0 Å². The third-order valence-electron chi connectivity index (χ3n) is 4.10. The van der Waals surface area contributed by atoms with Gasteiger partial charge >= 0.3 is 0 Å². The minimum Gasteiger partial charge on any atom is -0.310 e. The maximum atomic E-state index is 4.31. The number of hydrogen-bond acceptors (Lipinski definition) is 5. The average molecular weight is 296 g/mol. The van der Waals surface area contributed by atoms with Crippen molar-refractivity contribution in [1.82, 2.24) is 20.1 Å². The molecule has 1 unspecified atom stereocenters. The van der Waals surface area contributed by atoms with Crippen LogP contribution in [0.25, 0.3) is 0 Å². The zero-order valence-electron chi connectivity index (χ0n) is 13.2. The molecule has 4 nitrogen and oxygen atoms in total. The predicted molar refractivity (Wildman–Crippen MR) is 86.3 cm³/mol. The van der Waals surface area contributed by atoms with Crippen molar-refractivity contribution in [2.75, 3.05) is 39.8 Å². The quantitative estimate of drug-likeness (QED) is 0.867. The molecular formula is C15H28N4S. The lowest BCUT2D eigenvalue weighted by Crippen LogP contribution is -2.53. The van der Waals surface area contributed by atoms with E-state index in [1.54, 1.807) is 11.3 Å². The van der Waals surface area contributed by atoms with E-state index in [-0.39, 0.29) is 0 Å². The Kier molecular flexibility index (Phi) is 5.96. The van der Waals surface area contributed by atoms with Crippen LogP contribution < -0.4 is 5.32 Å². The van der Waals surface area contributed by atoms with E-state index in [1.807, 2.05) is 6.20 Å². The minimum absolute atomic E-state index is 0.637. The summed E-state index contributed by atoms with van der Waals surface area (Å²) in [4.78, 5) is 10.7. The van der Waals surface area contributed by atoms with Gasteiger partial charge in [-0.05, 0) is 19.9 Å². The maximum absolute atomic E-state index is 4.31. The van der Waals surface area contributed by atoms with E-state index >= 15 is 0 Å². The van der Waals surface area contributed by atoms with Crippen LogP contribution >= 0.6 is 11.3 Å². The van der Waals surface area contributed by atoms with Gasteiger partial charge in [0.2, 0.25) is 0 Å². The Labute approximate surface area is 127 Å². The van der Waals surface area contributed by atoms with Gasteiger partial charge in [-0.25, -0.2) is 4.98 Å². The van der Waals surface area contributed by atoms with Crippen LogP contribution in [0.4, 0.5) is 0 Å². The summed E-state index contributed by atoms with van der Waals surface area (Å²) in [5.41, 5.74) is 0. The number of aromatic nitrogens is 1. The van der Waals surface area contributed by atoms with Crippen molar-refractivity contribution in [3.8, 4) is 0 Å². The fourth-order valence-electron chi connectivity index (χ4n) is 2.77. The van der Waals surface area contributed by atoms with Gasteiger partial charge in [-0.3, -0.25) is 4.90 Å². The molecule has 1 saturated heterocycles. The molecule has 2 rings (SSSR count). The molecule has 0 aliphatic carbocycles. The van der Waals surface area contributed by atoms with Crippen molar-refractivity contribution in [2.45, 2.75) is 33.4 Å². The van der Waals surface area contributed by atoms with Gasteiger partial charge in [-0.2, -0.15) is 0 Å². The summed E-state index contributed by atoms with van der Waals surface area (Å²) in [7, 11) is 2.21. The SMILES string of the molecule is Cc1ncc(CNCC(C(C)C)N2CCN(C)CC2)s1. The number of piperazine rings is 1. The van der Waals surface area contributed by atoms with Crippen molar-refractivity contribution in [2.24, 2.45) is 5.92 Å². The first-order valence-electron chi connectivity index (χ1n) is 7.61. The molecule has 0 spiro atoms. The predicted octanol–water partition coefficient (Wildman–Crippen LogP) is 1.81. The summed E-state index contributed by atoms with van der Waals surface area (Å²) < 4.78 is 0. The average Bonchev–Trinajstić information content (AvgIpc) is 2.81. The van der Waals surface area contributed by atoms with Crippen molar-refractivity contribution in [3.63, 3.8) is 0 Å². The smallest absolute Gasteiger partial charge is 0.0897 e. The molecule has 2 heterocycles. The molecule has 5 heteroatoms. The zero-order chi connectivity index (χ0) is 14.5. The molecule has 0 aromatic carbocycles. The monoisotopic (exact) mass is 296 g/mol. The lowest BCUT2D eigenvalue weighted by Gasteiger charge is -2.40. The van der Waals surface area contributed by atoms with Crippen molar-refractivity contribution < 1.29 is 0 Å². The highest BCUT2D eigenvalue weighted by Gasteiger charge is 2.24. The highest BCUT2D eigenvalue weighted by atomic mass is 32.1. The number of rotatable bonds is 6. The topological polar surface area (TPSA) is 31.4 Å². The van der Waals surface area contributed by atoms with E-state index < -0.39 is 0 Å². The summed E-state index contributed by atoms with van der Waals surface area (Å²) in [6, 6.07) is 0.637. The molecule has 20 heavy (non-hydrogen) atoms. The number of thiazole rings is 1. The Hall–Kier alpha value is -0.490. The zero-order valence-corrected chi connectivity index (χ0v) is 14.0. The lowest BCUT2D eigenvalue weighted by atomic mass is 10.0. The molecular weight excluding hydrogens is 268 g/mol. The van der Waals surface area contributed by atoms with Gasteiger partial charge in [-0.15, -0.1) is 11.3 Å². The van der Waals surface area contributed by atoms with E-state index in [0.29, 0.717) is 12.0 Å². The van der Waals surface area contributed by atoms with Crippen LogP contribution in [-0.2, 0) is 6.54 Å². The molecule has 114 valence electrons. The third-order valence-corrected chi connectivity index (χ3v) is 5.01. The molecule has 0 bridgehead atoms. The Morgan fingerprint density at radius 2 is 2.00 bits per heavy atom. The summed E-state index contributed by atoms with van der Waals surface area (Å²) in [5, 5.41) is 4.77. The summed E-state index contributed by atoms with van der Waals surface area (Å²) >= 11 is 1.79. The van der Waals surface area contributed by atoms with E-state index in [0.717, 1.165) is 18.1 Å². The van der Waals surface area contributed by atoms with Gasteiger partial charge in [0, 0.05) is 56.4 Å². The van der Waals surface area contributed by atoms with E-state index in [2.05, 4.69) is 47.9 Å². The molecule has 0 saturated carbocycles. The molecule has 1 fully saturated rings. The van der Waals surface area contributed by atoms with Crippen molar-refractivity contribution in [3.05, 3.63) is 16.1 Å². The normalized spacial score (nSPS) is 19.6. The summed E-state index contributed by atoms with van der Waals surface area (Å²) in [6.45, 7) is 13.5. The Morgan fingerprint density at radius 1 is 1.30 bits per heavy atom. The van der Waals surface area contributed by atoms with Crippen molar-refractivity contribution in [1.29, 1.82) is 0 Å². The number of nitrogens with zero attached hydrogens (tertiary/aromatic N) is 3. The van der Waals surface area contributed by atoms with Crippen LogP contribution in [0.3, 0.4) is 0 Å². The standard InChI is InChI=1S/C15H28N4S/c1-12(2)15(19-7-5-18(4)6-8-19)11-16-9-14-10-17-13(3)20-14/h10,12,15-16H,5-9,11H2,1-4H3. The molecule has 1 N–H and O–H groups in total. The van der Waals surface area contributed by atoms with E-state index in [9.17, 15) is 0 Å². The summed E-state index contributed by atoms with van der Waals surface area (Å²) in [6.07, 6.45) is 1.99. The third kappa shape index (κ3) is 4.52. The molecule has 1 atom stereocenters. The number of aryl methyl sites for hydroxylation is 1. The van der Waals surface area contributed by atoms with Gasteiger partial charge in [0.1, 0.15) is 0 Å². The largest absolute Gasteiger partial charge is 0.310 e. The first-order chi connectivity index (χ1) is 9.56. The van der Waals surface area contributed by atoms with Crippen molar-refractivity contribution >= 4 is 11.3 Å². The molecule has 1 aliphatic rings. The van der Waals surface area contributed by atoms with Crippen LogP contribution in [0.15, 0.2) is 6.20 Å². The highest BCUT2D eigenvalue weighted by Crippen LogP contribution is 2.14. The van der Waals surface area contributed by atoms with Gasteiger partial charge < -0.3 is 10.2 Å². The first-order valence-corrected chi connectivity index (χ1v) is 8.42. The van der Waals surface area contributed by atoms with Gasteiger partial charge in [-0.1, -0.05) is 13.8 Å². The van der Waals surface area contributed by atoms with Crippen LogP contribution in [0.1, 0.15) is 23.7 Å².